The molecule has 3 aromatic rings. The Morgan fingerprint density at radius 1 is 1.19 bits per heavy atom. The molecule has 8 heteroatoms. The van der Waals surface area contributed by atoms with Crippen molar-refractivity contribution in [3.8, 4) is 11.1 Å². The second-order valence-corrected chi connectivity index (χ2v) is 6.39. The van der Waals surface area contributed by atoms with Crippen molar-refractivity contribution in [3.05, 3.63) is 42.6 Å². The molecule has 2 aromatic heterocycles. The summed E-state index contributed by atoms with van der Waals surface area (Å²) < 4.78 is 26.6. The van der Waals surface area contributed by atoms with Crippen molar-refractivity contribution in [3.63, 3.8) is 0 Å². The Kier molecular flexibility index (Phi) is 3.02. The molecule has 0 bridgehead atoms. The largest absolute Gasteiger partial charge is 0.366 e. The predicted octanol–water partition coefficient (Wildman–Crippen LogP) is 1.35. The highest BCUT2D eigenvalue weighted by molar-refractivity contribution is 7.92. The SMILES string of the molecule is CS(=O)(=O)Nc1cccc(-c2ccc3nc(N)nn3c2)c1. The summed E-state index contributed by atoms with van der Waals surface area (Å²) in [5, 5.41) is 4.05. The summed E-state index contributed by atoms with van der Waals surface area (Å²) in [6.45, 7) is 0. The van der Waals surface area contributed by atoms with Gasteiger partial charge in [-0.05, 0) is 29.8 Å². The number of aromatic nitrogens is 3. The summed E-state index contributed by atoms with van der Waals surface area (Å²) in [7, 11) is -3.30. The molecule has 0 aliphatic carbocycles. The Hall–Kier alpha value is -2.61. The molecule has 0 spiro atoms. The quantitative estimate of drug-likeness (QED) is 0.760. The first kappa shape index (κ1) is 13.4. The van der Waals surface area contributed by atoms with E-state index in [-0.39, 0.29) is 5.95 Å². The third kappa shape index (κ3) is 2.95. The maximum atomic E-state index is 11.3. The molecule has 0 amide bonds. The van der Waals surface area contributed by atoms with Gasteiger partial charge in [-0.2, -0.15) is 4.98 Å². The van der Waals surface area contributed by atoms with Crippen LogP contribution in [0.3, 0.4) is 0 Å². The van der Waals surface area contributed by atoms with E-state index in [2.05, 4.69) is 14.8 Å². The smallest absolute Gasteiger partial charge is 0.240 e. The first-order chi connectivity index (χ1) is 9.90. The van der Waals surface area contributed by atoms with Crippen LogP contribution in [0.2, 0.25) is 0 Å². The number of nitrogens with two attached hydrogens (primary N) is 1. The second-order valence-electron chi connectivity index (χ2n) is 4.65. The summed E-state index contributed by atoms with van der Waals surface area (Å²) in [6, 6.07) is 10.8. The van der Waals surface area contributed by atoms with E-state index in [4.69, 9.17) is 5.73 Å². The van der Waals surface area contributed by atoms with E-state index in [0.717, 1.165) is 17.4 Å². The van der Waals surface area contributed by atoms with Gasteiger partial charge in [-0.1, -0.05) is 12.1 Å². The van der Waals surface area contributed by atoms with Gasteiger partial charge < -0.3 is 5.73 Å². The maximum Gasteiger partial charge on any atom is 0.240 e. The van der Waals surface area contributed by atoms with Gasteiger partial charge in [-0.15, -0.1) is 5.10 Å². The molecule has 3 N–H and O–H groups in total. The summed E-state index contributed by atoms with van der Waals surface area (Å²) in [6.07, 6.45) is 2.90. The lowest BCUT2D eigenvalue weighted by molar-refractivity contribution is 0.607. The van der Waals surface area contributed by atoms with Crippen LogP contribution in [0.1, 0.15) is 0 Å². The van der Waals surface area contributed by atoms with Gasteiger partial charge in [0, 0.05) is 17.4 Å². The molecule has 0 radical (unpaired) electrons. The second kappa shape index (κ2) is 4.74. The molecule has 108 valence electrons. The molecule has 0 atom stereocenters. The molecule has 0 aliphatic heterocycles. The predicted molar refractivity (Wildman–Crippen MR) is 81.3 cm³/mol. The topological polar surface area (TPSA) is 102 Å². The number of hydrogen-bond donors (Lipinski definition) is 2. The minimum atomic E-state index is -3.30. The molecule has 3 rings (SSSR count). The van der Waals surface area contributed by atoms with Gasteiger partial charge in [0.15, 0.2) is 5.65 Å². The number of rotatable bonds is 3. The monoisotopic (exact) mass is 303 g/mol. The number of hydrogen-bond acceptors (Lipinski definition) is 5. The van der Waals surface area contributed by atoms with Crippen LogP contribution in [0.4, 0.5) is 11.6 Å². The standard InChI is InChI=1S/C13H13N5O2S/c1-21(19,20)17-11-4-2-3-9(7-11)10-5-6-12-15-13(14)16-18(12)8-10/h2-8,17H,1H3,(H2,14,16). The zero-order valence-corrected chi connectivity index (χ0v) is 12.0. The number of sulfonamides is 1. The van der Waals surface area contributed by atoms with Crippen molar-refractivity contribution in [2.45, 2.75) is 0 Å². The Labute approximate surface area is 121 Å². The van der Waals surface area contributed by atoms with Gasteiger partial charge in [0.25, 0.3) is 0 Å². The van der Waals surface area contributed by atoms with Crippen LogP contribution in [0.5, 0.6) is 0 Å². The van der Waals surface area contributed by atoms with Crippen molar-refractivity contribution in [1.29, 1.82) is 0 Å². The van der Waals surface area contributed by atoms with Crippen LogP contribution in [0.25, 0.3) is 16.8 Å². The number of nitrogen functional groups attached to an aromatic ring is 1. The molecular weight excluding hydrogens is 290 g/mol. The highest BCUT2D eigenvalue weighted by Gasteiger charge is 2.06. The highest BCUT2D eigenvalue weighted by atomic mass is 32.2. The van der Waals surface area contributed by atoms with Gasteiger partial charge in [0.05, 0.1) is 6.26 Å². The Morgan fingerprint density at radius 2 is 2.00 bits per heavy atom. The normalized spacial score (nSPS) is 11.7. The highest BCUT2D eigenvalue weighted by Crippen LogP contribution is 2.23. The molecule has 0 fully saturated rings. The third-order valence-corrected chi connectivity index (χ3v) is 3.45. The van der Waals surface area contributed by atoms with Gasteiger partial charge in [0.1, 0.15) is 0 Å². The summed E-state index contributed by atoms with van der Waals surface area (Å²) in [5.74, 6) is 0.208. The van der Waals surface area contributed by atoms with Crippen LogP contribution < -0.4 is 10.5 Å². The molecule has 0 saturated heterocycles. The Balaban J connectivity index is 2.03. The van der Waals surface area contributed by atoms with Gasteiger partial charge in [0.2, 0.25) is 16.0 Å². The summed E-state index contributed by atoms with van der Waals surface area (Å²) in [5.41, 5.74) is 8.45. The van der Waals surface area contributed by atoms with Crippen molar-refractivity contribution in [1.82, 2.24) is 14.6 Å². The van der Waals surface area contributed by atoms with Gasteiger partial charge in [-0.3, -0.25) is 4.72 Å². The first-order valence-electron chi connectivity index (χ1n) is 6.11. The molecule has 0 saturated carbocycles. The number of benzene rings is 1. The van der Waals surface area contributed by atoms with Crippen LogP contribution >= 0.6 is 0 Å². The number of nitrogens with zero attached hydrogens (tertiary/aromatic N) is 3. The molecule has 2 heterocycles. The zero-order valence-electron chi connectivity index (χ0n) is 11.2. The lowest BCUT2D eigenvalue weighted by Gasteiger charge is -2.07. The molecule has 7 nitrogen and oxygen atoms in total. The van der Waals surface area contributed by atoms with E-state index in [1.165, 1.54) is 0 Å². The molecule has 0 unspecified atom stereocenters. The molecule has 1 aromatic carbocycles. The molecular formula is C13H13N5O2S. The number of anilines is 2. The average Bonchev–Trinajstić information content (AvgIpc) is 2.76. The molecule has 21 heavy (non-hydrogen) atoms. The van der Waals surface area contributed by atoms with Gasteiger partial charge >= 0.3 is 0 Å². The fraction of sp³-hybridized carbons (Fsp3) is 0.0769. The third-order valence-electron chi connectivity index (χ3n) is 2.85. The fourth-order valence-corrected chi connectivity index (χ4v) is 2.60. The van der Waals surface area contributed by atoms with Crippen molar-refractivity contribution >= 4 is 27.3 Å². The van der Waals surface area contributed by atoms with Crippen molar-refractivity contribution in [2.24, 2.45) is 0 Å². The summed E-state index contributed by atoms with van der Waals surface area (Å²) in [4.78, 5) is 4.05. The lowest BCUT2D eigenvalue weighted by atomic mass is 10.1. The van der Waals surface area contributed by atoms with E-state index >= 15 is 0 Å². The summed E-state index contributed by atoms with van der Waals surface area (Å²) >= 11 is 0. The van der Waals surface area contributed by atoms with E-state index < -0.39 is 10.0 Å². The molecule has 0 aliphatic rings. The van der Waals surface area contributed by atoms with Crippen molar-refractivity contribution in [2.75, 3.05) is 16.7 Å². The van der Waals surface area contributed by atoms with E-state index in [1.807, 2.05) is 12.1 Å². The number of pyridine rings is 1. The van der Waals surface area contributed by atoms with E-state index in [0.29, 0.717) is 11.3 Å². The minimum Gasteiger partial charge on any atom is -0.366 e. The fourth-order valence-electron chi connectivity index (χ4n) is 2.05. The van der Waals surface area contributed by atoms with Crippen LogP contribution in [-0.2, 0) is 10.0 Å². The van der Waals surface area contributed by atoms with E-state index in [9.17, 15) is 8.42 Å². The number of fused-ring (bicyclic) bond motifs is 1. The maximum absolute atomic E-state index is 11.3. The van der Waals surface area contributed by atoms with Crippen molar-refractivity contribution < 1.29 is 8.42 Å². The van der Waals surface area contributed by atoms with Gasteiger partial charge in [-0.25, -0.2) is 12.9 Å². The van der Waals surface area contributed by atoms with E-state index in [1.54, 1.807) is 35.0 Å². The number of nitrogens with one attached hydrogen (secondary N) is 1. The van der Waals surface area contributed by atoms with Crippen LogP contribution in [0, 0.1) is 0 Å². The Morgan fingerprint density at radius 3 is 2.76 bits per heavy atom. The average molecular weight is 303 g/mol. The minimum absolute atomic E-state index is 0.208. The zero-order chi connectivity index (χ0) is 15.0. The van der Waals surface area contributed by atoms with Crippen LogP contribution in [-0.4, -0.2) is 29.3 Å². The van der Waals surface area contributed by atoms with Crippen LogP contribution in [0.15, 0.2) is 42.6 Å². The first-order valence-corrected chi connectivity index (χ1v) is 8.00. The Bertz CT molecular complexity index is 917. The lowest BCUT2D eigenvalue weighted by Crippen LogP contribution is -2.09.